The SMILES string of the molecule is CCOC(=O)[C@@H]1C(=O)NC(N2CCOCC2)=N[C@@H]1c1ccc(OC)cc1. The van der Waals surface area contributed by atoms with E-state index in [1.807, 2.05) is 17.0 Å². The smallest absolute Gasteiger partial charge is 0.321 e. The summed E-state index contributed by atoms with van der Waals surface area (Å²) in [6, 6.07) is 6.55. The lowest BCUT2D eigenvalue weighted by Gasteiger charge is -2.35. The van der Waals surface area contributed by atoms with Crippen molar-refractivity contribution in [3.8, 4) is 5.75 Å². The Kier molecular flexibility index (Phi) is 5.72. The number of esters is 1. The molecular formula is C18H23N3O5. The van der Waals surface area contributed by atoms with Crippen LogP contribution in [0.2, 0.25) is 0 Å². The highest BCUT2D eigenvalue weighted by Gasteiger charge is 2.42. The van der Waals surface area contributed by atoms with Gasteiger partial charge in [-0.1, -0.05) is 12.1 Å². The number of rotatable bonds is 4. The van der Waals surface area contributed by atoms with E-state index in [0.717, 1.165) is 5.56 Å². The second-order valence-electron chi connectivity index (χ2n) is 5.99. The predicted octanol–water partition coefficient (Wildman–Crippen LogP) is 0.734. The van der Waals surface area contributed by atoms with Gasteiger partial charge >= 0.3 is 5.97 Å². The van der Waals surface area contributed by atoms with Crippen molar-refractivity contribution in [3.63, 3.8) is 0 Å². The predicted molar refractivity (Wildman–Crippen MR) is 93.8 cm³/mol. The minimum Gasteiger partial charge on any atom is -0.497 e. The molecule has 0 aromatic heterocycles. The molecule has 1 amide bonds. The van der Waals surface area contributed by atoms with Crippen LogP contribution in [-0.2, 0) is 19.1 Å². The zero-order chi connectivity index (χ0) is 18.5. The molecule has 2 aliphatic rings. The van der Waals surface area contributed by atoms with Crippen LogP contribution in [0.5, 0.6) is 5.75 Å². The third-order valence-electron chi connectivity index (χ3n) is 4.40. The van der Waals surface area contributed by atoms with E-state index in [9.17, 15) is 9.59 Å². The van der Waals surface area contributed by atoms with Gasteiger partial charge in [0.1, 0.15) is 11.8 Å². The first-order valence-electron chi connectivity index (χ1n) is 8.66. The van der Waals surface area contributed by atoms with Crippen LogP contribution in [0.25, 0.3) is 0 Å². The van der Waals surface area contributed by atoms with Crippen LogP contribution in [0.1, 0.15) is 18.5 Å². The summed E-state index contributed by atoms with van der Waals surface area (Å²) in [5.41, 5.74) is 0.754. The number of nitrogens with one attached hydrogen (secondary N) is 1. The summed E-state index contributed by atoms with van der Waals surface area (Å²) in [7, 11) is 1.58. The van der Waals surface area contributed by atoms with Crippen molar-refractivity contribution >= 4 is 17.8 Å². The summed E-state index contributed by atoms with van der Waals surface area (Å²) < 4.78 is 15.6. The van der Waals surface area contributed by atoms with Gasteiger partial charge in [-0.25, -0.2) is 4.99 Å². The largest absolute Gasteiger partial charge is 0.497 e. The molecule has 1 aromatic rings. The lowest BCUT2D eigenvalue weighted by molar-refractivity contribution is -0.153. The minimum absolute atomic E-state index is 0.206. The van der Waals surface area contributed by atoms with Gasteiger partial charge < -0.3 is 19.1 Å². The van der Waals surface area contributed by atoms with Gasteiger partial charge in [-0.15, -0.1) is 0 Å². The van der Waals surface area contributed by atoms with E-state index in [4.69, 9.17) is 14.2 Å². The van der Waals surface area contributed by atoms with Crippen LogP contribution in [-0.4, -0.2) is 62.8 Å². The third-order valence-corrected chi connectivity index (χ3v) is 4.40. The number of morpholine rings is 1. The van der Waals surface area contributed by atoms with Gasteiger partial charge in [-0.3, -0.25) is 14.9 Å². The molecule has 3 rings (SSSR count). The van der Waals surface area contributed by atoms with Crippen molar-refractivity contribution in [2.45, 2.75) is 13.0 Å². The molecule has 26 heavy (non-hydrogen) atoms. The summed E-state index contributed by atoms with van der Waals surface area (Å²) in [6.07, 6.45) is 0. The fourth-order valence-corrected chi connectivity index (χ4v) is 3.04. The van der Waals surface area contributed by atoms with Crippen LogP contribution in [0.15, 0.2) is 29.3 Å². The summed E-state index contributed by atoms with van der Waals surface area (Å²) >= 11 is 0. The topological polar surface area (TPSA) is 89.5 Å². The van der Waals surface area contributed by atoms with E-state index >= 15 is 0 Å². The Labute approximate surface area is 152 Å². The molecule has 2 atom stereocenters. The molecule has 8 nitrogen and oxygen atoms in total. The number of hydrogen-bond donors (Lipinski definition) is 1. The summed E-state index contributed by atoms with van der Waals surface area (Å²) in [4.78, 5) is 31.7. The molecule has 0 radical (unpaired) electrons. The number of carbonyl (C=O) groups is 2. The van der Waals surface area contributed by atoms with Crippen LogP contribution < -0.4 is 10.1 Å². The summed E-state index contributed by atoms with van der Waals surface area (Å²) in [5.74, 6) is -0.830. The second kappa shape index (κ2) is 8.18. The molecular weight excluding hydrogens is 338 g/mol. The maximum atomic E-state index is 12.7. The van der Waals surface area contributed by atoms with Gasteiger partial charge in [-0.05, 0) is 24.6 Å². The van der Waals surface area contributed by atoms with Gasteiger partial charge in [-0.2, -0.15) is 0 Å². The Hall–Kier alpha value is -2.61. The standard InChI is InChI=1S/C18H23N3O5/c1-3-26-17(23)14-15(12-4-6-13(24-2)7-5-12)19-18(20-16(14)22)21-8-10-25-11-9-21/h4-7,14-15H,3,8-11H2,1-2H3,(H,19,20,22)/t14-,15+/m0/s1. The van der Waals surface area contributed by atoms with E-state index < -0.39 is 23.8 Å². The number of guanidine groups is 1. The zero-order valence-corrected chi connectivity index (χ0v) is 14.9. The van der Waals surface area contributed by atoms with Gasteiger partial charge in [0.2, 0.25) is 11.9 Å². The number of nitrogens with zero attached hydrogens (tertiary/aromatic N) is 2. The highest BCUT2D eigenvalue weighted by atomic mass is 16.5. The number of ether oxygens (including phenoxy) is 3. The molecule has 1 fully saturated rings. The molecule has 1 saturated heterocycles. The summed E-state index contributed by atoms with van der Waals surface area (Å²) in [5, 5.41) is 2.75. The number of aliphatic imine (C=N–C) groups is 1. The lowest BCUT2D eigenvalue weighted by Crippen LogP contribution is -2.55. The Morgan fingerprint density at radius 2 is 2.00 bits per heavy atom. The Bertz CT molecular complexity index is 683. The number of amides is 1. The molecule has 0 spiro atoms. The van der Waals surface area contributed by atoms with Crippen LogP contribution in [0.3, 0.4) is 0 Å². The fraction of sp³-hybridized carbons (Fsp3) is 0.500. The van der Waals surface area contributed by atoms with Crippen molar-refractivity contribution in [3.05, 3.63) is 29.8 Å². The third kappa shape index (κ3) is 3.80. The molecule has 0 bridgehead atoms. The molecule has 0 unspecified atom stereocenters. The van der Waals surface area contributed by atoms with E-state index in [1.54, 1.807) is 26.2 Å². The quantitative estimate of drug-likeness (QED) is 0.628. The molecule has 0 aliphatic carbocycles. The van der Waals surface area contributed by atoms with Crippen molar-refractivity contribution in [1.29, 1.82) is 0 Å². The minimum atomic E-state index is -1.02. The van der Waals surface area contributed by atoms with Gasteiger partial charge in [0.15, 0.2) is 5.92 Å². The Balaban J connectivity index is 1.95. The molecule has 1 N–H and O–H groups in total. The first kappa shape index (κ1) is 18.2. The Morgan fingerprint density at radius 3 is 2.62 bits per heavy atom. The number of benzene rings is 1. The maximum Gasteiger partial charge on any atom is 0.321 e. The van der Waals surface area contributed by atoms with Gasteiger partial charge in [0, 0.05) is 13.1 Å². The van der Waals surface area contributed by atoms with Crippen molar-refractivity contribution in [1.82, 2.24) is 10.2 Å². The van der Waals surface area contributed by atoms with E-state index in [1.165, 1.54) is 0 Å². The molecule has 0 saturated carbocycles. The van der Waals surface area contributed by atoms with E-state index in [-0.39, 0.29) is 6.61 Å². The molecule has 2 heterocycles. The van der Waals surface area contributed by atoms with Crippen LogP contribution in [0.4, 0.5) is 0 Å². The van der Waals surface area contributed by atoms with Gasteiger partial charge in [0.05, 0.1) is 26.9 Å². The van der Waals surface area contributed by atoms with Crippen molar-refractivity contribution < 1.29 is 23.8 Å². The Morgan fingerprint density at radius 1 is 1.31 bits per heavy atom. The van der Waals surface area contributed by atoms with Gasteiger partial charge in [0.25, 0.3) is 0 Å². The fourth-order valence-electron chi connectivity index (χ4n) is 3.04. The van der Waals surface area contributed by atoms with E-state index in [2.05, 4.69) is 10.3 Å². The molecule has 2 aliphatic heterocycles. The average Bonchev–Trinajstić information content (AvgIpc) is 2.68. The van der Waals surface area contributed by atoms with Crippen LogP contribution >= 0.6 is 0 Å². The number of hydrogen-bond acceptors (Lipinski definition) is 7. The summed E-state index contributed by atoms with van der Waals surface area (Å²) in [6.45, 7) is 4.34. The monoisotopic (exact) mass is 361 g/mol. The lowest BCUT2D eigenvalue weighted by atomic mass is 9.91. The van der Waals surface area contributed by atoms with E-state index in [0.29, 0.717) is 38.0 Å². The molecule has 140 valence electrons. The molecule has 1 aromatic carbocycles. The average molecular weight is 361 g/mol. The normalized spacial score (nSPS) is 23.1. The zero-order valence-electron chi connectivity index (χ0n) is 14.9. The highest BCUT2D eigenvalue weighted by Crippen LogP contribution is 2.32. The first-order chi connectivity index (χ1) is 12.6. The number of methoxy groups -OCH3 is 1. The maximum absolute atomic E-state index is 12.7. The first-order valence-corrected chi connectivity index (χ1v) is 8.66. The number of carbonyl (C=O) groups excluding carboxylic acids is 2. The van der Waals surface area contributed by atoms with Crippen LogP contribution in [0, 0.1) is 5.92 Å². The van der Waals surface area contributed by atoms with Crippen molar-refractivity contribution in [2.24, 2.45) is 10.9 Å². The molecule has 8 heteroatoms. The van der Waals surface area contributed by atoms with Crippen molar-refractivity contribution in [2.75, 3.05) is 40.0 Å². The highest BCUT2D eigenvalue weighted by molar-refractivity contribution is 6.08. The second-order valence-corrected chi connectivity index (χ2v) is 5.99.